The second-order valence-corrected chi connectivity index (χ2v) is 4.45. The van der Waals surface area contributed by atoms with E-state index in [-0.39, 0.29) is 12.3 Å². The topological polar surface area (TPSA) is 60.5 Å². The number of pyridine rings is 1. The van der Waals surface area contributed by atoms with Gasteiger partial charge in [-0.15, -0.1) is 0 Å². The summed E-state index contributed by atoms with van der Waals surface area (Å²) in [5.74, 6) is 1.13. The van der Waals surface area contributed by atoms with Gasteiger partial charge >= 0.3 is 0 Å². The Balaban J connectivity index is 1.99. The number of hydrogen-bond donors (Lipinski definition) is 1. The van der Waals surface area contributed by atoms with Gasteiger partial charge in [0.1, 0.15) is 11.5 Å². The zero-order valence-corrected chi connectivity index (χ0v) is 12.1. The predicted octanol–water partition coefficient (Wildman–Crippen LogP) is 2.07. The van der Waals surface area contributed by atoms with Crippen molar-refractivity contribution in [3.63, 3.8) is 0 Å². The minimum Gasteiger partial charge on any atom is -0.497 e. The van der Waals surface area contributed by atoms with E-state index in [1.807, 2.05) is 12.1 Å². The molecule has 1 N–H and O–H groups in total. The Morgan fingerprint density at radius 1 is 1.24 bits per heavy atom. The number of nitrogens with one attached hydrogen (secondary N) is 1. The summed E-state index contributed by atoms with van der Waals surface area (Å²) >= 11 is 0. The van der Waals surface area contributed by atoms with E-state index in [4.69, 9.17) is 9.47 Å². The first-order chi connectivity index (χ1) is 10.2. The summed E-state index contributed by atoms with van der Waals surface area (Å²) in [7, 11) is 3.11. The summed E-state index contributed by atoms with van der Waals surface area (Å²) in [5.41, 5.74) is 1.54. The fourth-order valence-electron chi connectivity index (χ4n) is 1.95. The van der Waals surface area contributed by atoms with Crippen LogP contribution in [0.4, 0.5) is 0 Å². The predicted molar refractivity (Wildman–Crippen MR) is 79.8 cm³/mol. The quantitative estimate of drug-likeness (QED) is 0.790. The zero-order valence-electron chi connectivity index (χ0n) is 12.1. The van der Waals surface area contributed by atoms with Crippen LogP contribution in [0.15, 0.2) is 42.7 Å². The van der Waals surface area contributed by atoms with Crippen LogP contribution in [-0.4, -0.2) is 31.5 Å². The number of rotatable bonds is 7. The molecule has 0 bridgehead atoms. The Bertz CT molecular complexity index is 600. The Labute approximate surface area is 123 Å². The molecule has 0 aliphatic carbocycles. The van der Waals surface area contributed by atoms with Crippen molar-refractivity contribution in [3.8, 4) is 11.5 Å². The molecule has 0 saturated heterocycles. The molecule has 2 aromatic rings. The maximum Gasteiger partial charge on any atom is 0.180 e. The molecule has 21 heavy (non-hydrogen) atoms. The molecule has 0 unspecified atom stereocenters. The average Bonchev–Trinajstić information content (AvgIpc) is 2.55. The molecule has 1 aromatic carbocycles. The second kappa shape index (κ2) is 7.40. The van der Waals surface area contributed by atoms with E-state index in [0.717, 1.165) is 5.56 Å². The van der Waals surface area contributed by atoms with E-state index in [1.54, 1.807) is 44.8 Å². The Morgan fingerprint density at radius 3 is 2.76 bits per heavy atom. The normalized spacial score (nSPS) is 10.2. The van der Waals surface area contributed by atoms with Crippen LogP contribution in [-0.2, 0) is 6.54 Å². The third-order valence-electron chi connectivity index (χ3n) is 3.04. The molecular formula is C16H18N2O3. The number of nitrogens with zero attached hydrogens (tertiary/aromatic N) is 1. The molecule has 1 heterocycles. The van der Waals surface area contributed by atoms with Gasteiger partial charge in [-0.1, -0.05) is 6.07 Å². The van der Waals surface area contributed by atoms with Crippen molar-refractivity contribution in [2.45, 2.75) is 6.54 Å². The maximum absolute atomic E-state index is 12.3. The van der Waals surface area contributed by atoms with Gasteiger partial charge in [0.15, 0.2) is 5.78 Å². The van der Waals surface area contributed by atoms with Gasteiger partial charge in [-0.3, -0.25) is 9.78 Å². The van der Waals surface area contributed by atoms with Gasteiger partial charge in [-0.05, 0) is 29.8 Å². The van der Waals surface area contributed by atoms with Crippen molar-refractivity contribution in [2.75, 3.05) is 20.8 Å². The first kappa shape index (κ1) is 15.0. The van der Waals surface area contributed by atoms with E-state index < -0.39 is 0 Å². The minimum atomic E-state index is -0.0466. The largest absolute Gasteiger partial charge is 0.497 e. The number of carbonyl (C=O) groups excluding carboxylic acids is 1. The molecule has 0 amide bonds. The van der Waals surface area contributed by atoms with E-state index >= 15 is 0 Å². The molecule has 0 radical (unpaired) electrons. The second-order valence-electron chi connectivity index (χ2n) is 4.45. The fourth-order valence-corrected chi connectivity index (χ4v) is 1.95. The van der Waals surface area contributed by atoms with Crippen LogP contribution in [0.2, 0.25) is 0 Å². The number of Topliss-reactive ketones (excluding diaryl/α,β-unsaturated/α-hetero) is 1. The number of ketones is 1. The van der Waals surface area contributed by atoms with Crippen LogP contribution >= 0.6 is 0 Å². The number of carbonyl (C=O) groups is 1. The lowest BCUT2D eigenvalue weighted by atomic mass is 10.1. The number of methoxy groups -OCH3 is 2. The highest BCUT2D eigenvalue weighted by atomic mass is 16.5. The fraction of sp³-hybridized carbons (Fsp3) is 0.250. The third-order valence-corrected chi connectivity index (χ3v) is 3.04. The van der Waals surface area contributed by atoms with Gasteiger partial charge < -0.3 is 14.8 Å². The zero-order chi connectivity index (χ0) is 15.1. The molecule has 0 saturated carbocycles. The van der Waals surface area contributed by atoms with Crippen LogP contribution in [0.5, 0.6) is 11.5 Å². The summed E-state index contributed by atoms with van der Waals surface area (Å²) in [6.45, 7) is 0.810. The van der Waals surface area contributed by atoms with Crippen molar-refractivity contribution in [1.29, 1.82) is 0 Å². The van der Waals surface area contributed by atoms with E-state index in [1.165, 1.54) is 0 Å². The molecular weight excluding hydrogens is 268 g/mol. The molecule has 5 nitrogen and oxygen atoms in total. The van der Waals surface area contributed by atoms with Gasteiger partial charge in [0, 0.05) is 18.9 Å². The van der Waals surface area contributed by atoms with Crippen LogP contribution in [0, 0.1) is 0 Å². The lowest BCUT2D eigenvalue weighted by Gasteiger charge is -2.10. The maximum atomic E-state index is 12.3. The summed E-state index contributed by atoms with van der Waals surface area (Å²) in [5, 5.41) is 3.10. The first-order valence-electron chi connectivity index (χ1n) is 6.59. The monoisotopic (exact) mass is 286 g/mol. The van der Waals surface area contributed by atoms with Gasteiger partial charge in [0.2, 0.25) is 0 Å². The highest BCUT2D eigenvalue weighted by molar-refractivity contribution is 6.00. The first-order valence-corrected chi connectivity index (χ1v) is 6.59. The molecule has 1 aromatic heterocycles. The van der Waals surface area contributed by atoms with Crippen molar-refractivity contribution in [1.82, 2.24) is 10.3 Å². The van der Waals surface area contributed by atoms with Crippen LogP contribution < -0.4 is 14.8 Å². The lowest BCUT2D eigenvalue weighted by molar-refractivity contribution is 0.0987. The standard InChI is InChI=1S/C16H18N2O3/c1-20-13-5-6-16(21-2)14(8-13)15(19)11-18-10-12-4-3-7-17-9-12/h3-9,18H,10-11H2,1-2H3. The van der Waals surface area contributed by atoms with Crippen molar-refractivity contribution < 1.29 is 14.3 Å². The Kier molecular flexibility index (Phi) is 5.29. The highest BCUT2D eigenvalue weighted by Gasteiger charge is 2.13. The van der Waals surface area contributed by atoms with E-state index in [2.05, 4.69) is 10.3 Å². The van der Waals surface area contributed by atoms with Gasteiger partial charge in [-0.2, -0.15) is 0 Å². The molecule has 0 spiro atoms. The Morgan fingerprint density at radius 2 is 2.10 bits per heavy atom. The summed E-state index contributed by atoms with van der Waals surface area (Å²) < 4.78 is 10.4. The molecule has 5 heteroatoms. The van der Waals surface area contributed by atoms with Crippen LogP contribution in [0.25, 0.3) is 0 Å². The van der Waals surface area contributed by atoms with E-state index in [9.17, 15) is 4.79 Å². The van der Waals surface area contributed by atoms with Crippen molar-refractivity contribution in [3.05, 3.63) is 53.9 Å². The third kappa shape index (κ3) is 4.03. The molecule has 110 valence electrons. The summed E-state index contributed by atoms with van der Waals surface area (Å²) in [4.78, 5) is 16.3. The Hall–Kier alpha value is -2.40. The molecule has 0 aliphatic heterocycles. The van der Waals surface area contributed by atoms with Gasteiger partial charge in [0.05, 0.1) is 26.3 Å². The lowest BCUT2D eigenvalue weighted by Crippen LogP contribution is -2.23. The summed E-state index contributed by atoms with van der Waals surface area (Å²) in [6, 6.07) is 9.00. The number of ether oxygens (including phenoxy) is 2. The van der Waals surface area contributed by atoms with Gasteiger partial charge in [-0.25, -0.2) is 0 Å². The number of benzene rings is 1. The van der Waals surface area contributed by atoms with Crippen molar-refractivity contribution in [2.24, 2.45) is 0 Å². The smallest absolute Gasteiger partial charge is 0.180 e. The van der Waals surface area contributed by atoms with E-state index in [0.29, 0.717) is 23.6 Å². The molecule has 0 aliphatic rings. The average molecular weight is 286 g/mol. The molecule has 0 atom stereocenters. The highest BCUT2D eigenvalue weighted by Crippen LogP contribution is 2.24. The molecule has 2 rings (SSSR count). The van der Waals surface area contributed by atoms with Crippen LogP contribution in [0.1, 0.15) is 15.9 Å². The van der Waals surface area contributed by atoms with Crippen LogP contribution in [0.3, 0.4) is 0 Å². The minimum absolute atomic E-state index is 0.0466. The number of aromatic nitrogens is 1. The molecule has 0 fully saturated rings. The SMILES string of the molecule is COc1ccc(OC)c(C(=O)CNCc2cccnc2)c1. The summed E-state index contributed by atoms with van der Waals surface area (Å²) in [6.07, 6.45) is 3.49. The van der Waals surface area contributed by atoms with Gasteiger partial charge in [0.25, 0.3) is 0 Å². The van der Waals surface area contributed by atoms with Crippen molar-refractivity contribution >= 4 is 5.78 Å². The number of hydrogen-bond acceptors (Lipinski definition) is 5.